The fraction of sp³-hybridized carbons (Fsp3) is 0.0588. The monoisotopic (exact) mass is 381 g/mol. The van der Waals surface area contributed by atoms with Crippen LogP contribution in [0, 0.1) is 17.5 Å². The summed E-state index contributed by atoms with van der Waals surface area (Å²) >= 11 is 0.828. The molecule has 0 atom stereocenters. The Kier molecular flexibility index (Phi) is 4.56. The number of rotatable bonds is 5. The van der Waals surface area contributed by atoms with Gasteiger partial charge in [0, 0.05) is 21.2 Å². The molecule has 3 rings (SSSR count). The maximum atomic E-state index is 14.1. The van der Waals surface area contributed by atoms with Gasteiger partial charge in [-0.25, -0.2) is 18.0 Å². The lowest BCUT2D eigenvalue weighted by molar-refractivity contribution is 0.0699. The number of hydrogen-bond donors (Lipinski definition) is 2. The number of ether oxygens (including phenoxy) is 1. The van der Waals surface area contributed by atoms with Crippen LogP contribution in [0.1, 0.15) is 25.6 Å². The van der Waals surface area contributed by atoms with E-state index in [9.17, 15) is 27.9 Å². The molecule has 0 aliphatic carbocycles. The third kappa shape index (κ3) is 3.08. The van der Waals surface area contributed by atoms with Gasteiger partial charge in [0.25, 0.3) is 0 Å². The van der Waals surface area contributed by atoms with Crippen molar-refractivity contribution in [1.82, 2.24) is 0 Å². The highest BCUT2D eigenvalue weighted by atomic mass is 32.1. The zero-order chi connectivity index (χ0) is 19.0. The van der Waals surface area contributed by atoms with Crippen LogP contribution < -0.4 is 10.5 Å². The van der Waals surface area contributed by atoms with Gasteiger partial charge in [0.05, 0.1) is 0 Å². The van der Waals surface area contributed by atoms with Gasteiger partial charge in [0.15, 0.2) is 17.4 Å². The van der Waals surface area contributed by atoms with Crippen LogP contribution in [0.3, 0.4) is 0 Å². The van der Waals surface area contributed by atoms with E-state index >= 15 is 0 Å². The lowest BCUT2D eigenvalue weighted by Gasteiger charge is -2.10. The van der Waals surface area contributed by atoms with Gasteiger partial charge >= 0.3 is 5.97 Å². The first-order valence-corrected chi connectivity index (χ1v) is 7.96. The van der Waals surface area contributed by atoms with Gasteiger partial charge in [-0.05, 0) is 24.3 Å². The minimum Gasteiger partial charge on any atom is -0.483 e. The summed E-state index contributed by atoms with van der Waals surface area (Å²) in [6.45, 7) is -0.577. The number of fused-ring (bicyclic) bond motifs is 1. The molecule has 0 saturated heterocycles. The summed E-state index contributed by atoms with van der Waals surface area (Å²) in [5.74, 6) is -6.19. The number of carboxylic acid groups (broad SMARTS) is 1. The zero-order valence-corrected chi connectivity index (χ0v) is 13.7. The topological polar surface area (TPSA) is 89.6 Å². The van der Waals surface area contributed by atoms with Crippen molar-refractivity contribution < 1.29 is 32.6 Å². The lowest BCUT2D eigenvalue weighted by Crippen LogP contribution is -2.12. The molecule has 26 heavy (non-hydrogen) atoms. The van der Waals surface area contributed by atoms with Crippen molar-refractivity contribution in [3.63, 3.8) is 0 Å². The summed E-state index contributed by atoms with van der Waals surface area (Å²) in [6.07, 6.45) is 0. The summed E-state index contributed by atoms with van der Waals surface area (Å²) in [5, 5.41) is 9.31. The van der Waals surface area contributed by atoms with Gasteiger partial charge < -0.3 is 15.6 Å². The highest BCUT2D eigenvalue weighted by Crippen LogP contribution is 2.34. The number of primary amides is 1. The Hall–Kier alpha value is -3.07. The van der Waals surface area contributed by atoms with E-state index in [1.54, 1.807) is 0 Å². The fourth-order valence-electron chi connectivity index (χ4n) is 2.46. The molecule has 0 spiro atoms. The van der Waals surface area contributed by atoms with Crippen molar-refractivity contribution in [1.29, 1.82) is 0 Å². The van der Waals surface area contributed by atoms with Gasteiger partial charge in [-0.3, -0.25) is 4.79 Å². The van der Waals surface area contributed by atoms with E-state index in [1.807, 2.05) is 0 Å². The normalized spacial score (nSPS) is 10.9. The van der Waals surface area contributed by atoms with Gasteiger partial charge in [-0.2, -0.15) is 0 Å². The maximum absolute atomic E-state index is 14.1. The molecule has 0 radical (unpaired) electrons. The van der Waals surface area contributed by atoms with Crippen molar-refractivity contribution in [2.75, 3.05) is 0 Å². The second-order valence-corrected chi connectivity index (χ2v) is 6.30. The predicted molar refractivity (Wildman–Crippen MR) is 88.0 cm³/mol. The van der Waals surface area contributed by atoms with Gasteiger partial charge in [0.1, 0.15) is 17.3 Å². The van der Waals surface area contributed by atoms with E-state index in [1.165, 1.54) is 12.1 Å². The van der Waals surface area contributed by atoms with Crippen LogP contribution in [0.25, 0.3) is 10.1 Å². The molecule has 1 heterocycles. The highest BCUT2D eigenvalue weighted by Gasteiger charge is 2.22. The molecule has 9 heteroatoms. The number of amides is 1. The first-order valence-electron chi connectivity index (χ1n) is 7.14. The number of thiophene rings is 1. The third-order valence-electron chi connectivity index (χ3n) is 3.60. The average molecular weight is 381 g/mol. The molecule has 0 saturated carbocycles. The van der Waals surface area contributed by atoms with Crippen LogP contribution in [0.2, 0.25) is 0 Å². The summed E-state index contributed by atoms with van der Waals surface area (Å²) in [6, 6.07) is 5.50. The molecule has 1 aromatic heterocycles. The second-order valence-electron chi connectivity index (χ2n) is 5.25. The standard InChI is InChI=1S/C17H10F3NO4S/c18-9-2-1-3-12-13(9)8(15(26-12)17(23)24)6-25-14-10(19)4-7(16(21)22)5-11(14)20/h1-5H,6H2,(H2,21,22)(H,23,24). The van der Waals surface area contributed by atoms with Gasteiger partial charge in [-0.1, -0.05) is 6.07 Å². The molecular formula is C17H10F3NO4S. The Morgan fingerprint density at radius 1 is 1.12 bits per heavy atom. The number of hydrogen-bond acceptors (Lipinski definition) is 4. The first-order chi connectivity index (χ1) is 12.3. The van der Waals surface area contributed by atoms with Crippen LogP contribution in [-0.2, 0) is 6.61 Å². The summed E-state index contributed by atoms with van der Waals surface area (Å²) in [7, 11) is 0. The molecule has 134 valence electrons. The highest BCUT2D eigenvalue weighted by molar-refractivity contribution is 7.21. The lowest BCUT2D eigenvalue weighted by atomic mass is 10.1. The maximum Gasteiger partial charge on any atom is 0.346 e. The predicted octanol–water partition coefficient (Wildman–Crippen LogP) is 3.69. The summed E-state index contributed by atoms with van der Waals surface area (Å²) in [5.41, 5.74) is 4.55. The number of carboxylic acids is 1. The molecule has 3 N–H and O–H groups in total. The van der Waals surface area contributed by atoms with Crippen LogP contribution in [-0.4, -0.2) is 17.0 Å². The van der Waals surface area contributed by atoms with Crippen molar-refractivity contribution >= 4 is 33.3 Å². The molecule has 0 aliphatic heterocycles. The smallest absolute Gasteiger partial charge is 0.346 e. The van der Waals surface area contributed by atoms with E-state index in [0.29, 0.717) is 16.8 Å². The van der Waals surface area contributed by atoms with E-state index in [0.717, 1.165) is 17.4 Å². The fourth-order valence-corrected chi connectivity index (χ4v) is 3.52. The molecule has 1 amide bonds. The van der Waals surface area contributed by atoms with Crippen molar-refractivity contribution in [2.24, 2.45) is 5.73 Å². The van der Waals surface area contributed by atoms with Crippen molar-refractivity contribution in [2.45, 2.75) is 6.61 Å². The zero-order valence-electron chi connectivity index (χ0n) is 12.9. The molecule has 2 aromatic carbocycles. The molecule has 0 aliphatic rings. The quantitative estimate of drug-likeness (QED) is 0.705. The van der Waals surface area contributed by atoms with E-state index in [2.05, 4.69) is 0 Å². The molecule has 5 nitrogen and oxygen atoms in total. The van der Waals surface area contributed by atoms with Crippen LogP contribution in [0.5, 0.6) is 5.75 Å². The average Bonchev–Trinajstić information content (AvgIpc) is 2.94. The largest absolute Gasteiger partial charge is 0.483 e. The van der Waals surface area contributed by atoms with E-state index in [4.69, 9.17) is 10.5 Å². The number of benzene rings is 2. The Bertz CT molecular complexity index is 1020. The minimum atomic E-state index is -1.31. The number of aromatic carboxylic acids is 1. The third-order valence-corrected chi connectivity index (χ3v) is 4.79. The first kappa shape index (κ1) is 17.7. The molecule has 0 bridgehead atoms. The van der Waals surface area contributed by atoms with E-state index in [-0.39, 0.29) is 21.4 Å². The Morgan fingerprint density at radius 3 is 2.35 bits per heavy atom. The molecule has 0 fully saturated rings. The number of carbonyl (C=O) groups is 2. The Labute approximate surface area is 148 Å². The van der Waals surface area contributed by atoms with Gasteiger partial charge in [-0.15, -0.1) is 11.3 Å². The van der Waals surface area contributed by atoms with Crippen molar-refractivity contribution in [3.8, 4) is 5.75 Å². The number of carbonyl (C=O) groups excluding carboxylic acids is 1. The van der Waals surface area contributed by atoms with Crippen LogP contribution in [0.4, 0.5) is 13.2 Å². The Morgan fingerprint density at radius 2 is 1.77 bits per heavy atom. The minimum absolute atomic E-state index is 0.0180. The van der Waals surface area contributed by atoms with Gasteiger partial charge in [0.2, 0.25) is 5.91 Å². The molecule has 3 aromatic rings. The molecular weight excluding hydrogens is 371 g/mol. The summed E-state index contributed by atoms with van der Waals surface area (Å²) < 4.78 is 47.5. The van der Waals surface area contributed by atoms with E-state index < -0.39 is 41.7 Å². The van der Waals surface area contributed by atoms with Crippen molar-refractivity contribution in [3.05, 3.63) is 63.8 Å². The molecule has 0 unspecified atom stereocenters. The number of halogens is 3. The second kappa shape index (κ2) is 6.68. The number of nitrogens with two attached hydrogens (primary N) is 1. The SMILES string of the molecule is NC(=O)c1cc(F)c(OCc2c(C(=O)O)sc3cccc(F)c23)c(F)c1. The summed E-state index contributed by atoms with van der Waals surface area (Å²) in [4.78, 5) is 22.2. The Balaban J connectivity index is 2.02. The van der Waals surface area contributed by atoms with Crippen LogP contribution >= 0.6 is 11.3 Å². The van der Waals surface area contributed by atoms with Crippen LogP contribution in [0.15, 0.2) is 30.3 Å².